The minimum atomic E-state index is 0.0272. The number of carbonyl (C=O) groups excluding carboxylic acids is 1. The summed E-state index contributed by atoms with van der Waals surface area (Å²) < 4.78 is 5.65. The van der Waals surface area contributed by atoms with E-state index in [2.05, 4.69) is 21.2 Å². The highest BCUT2D eigenvalue weighted by Crippen LogP contribution is 2.21. The van der Waals surface area contributed by atoms with Crippen molar-refractivity contribution in [3.05, 3.63) is 22.6 Å². The molecule has 0 spiro atoms. The van der Waals surface area contributed by atoms with E-state index in [0.717, 1.165) is 19.5 Å². The molecule has 5 heteroatoms. The Morgan fingerprint density at radius 1 is 1.67 bits per heavy atom. The average molecular weight is 315 g/mol. The molecule has 18 heavy (non-hydrogen) atoms. The molecular formula is C13H19BrN2O2. The van der Waals surface area contributed by atoms with Crippen molar-refractivity contribution in [2.45, 2.75) is 38.8 Å². The Bertz CT molecular complexity index is 411. The molecule has 1 aromatic rings. The normalized spacial score (nSPS) is 19.4. The predicted octanol–water partition coefficient (Wildman–Crippen LogP) is 2.64. The number of nitrogens with zero attached hydrogens (tertiary/aromatic N) is 1. The topological polar surface area (TPSA) is 45.5 Å². The first-order chi connectivity index (χ1) is 8.59. The first-order valence-electron chi connectivity index (χ1n) is 6.37. The van der Waals surface area contributed by atoms with Gasteiger partial charge in [-0.1, -0.05) is 0 Å². The van der Waals surface area contributed by atoms with E-state index < -0.39 is 0 Å². The smallest absolute Gasteiger partial charge is 0.258 e. The van der Waals surface area contributed by atoms with Crippen LogP contribution in [0.1, 0.15) is 37.0 Å². The SMILES string of the molecule is CC(C)N(CC1CCCN1)C(=O)c1ccoc1Br. The van der Waals surface area contributed by atoms with E-state index in [1.54, 1.807) is 6.07 Å². The molecule has 1 unspecified atom stereocenters. The number of hydrogen-bond acceptors (Lipinski definition) is 3. The van der Waals surface area contributed by atoms with Gasteiger partial charge in [0.1, 0.15) is 0 Å². The lowest BCUT2D eigenvalue weighted by Crippen LogP contribution is -2.44. The Kier molecular flexibility index (Phi) is 4.45. The van der Waals surface area contributed by atoms with Crippen LogP contribution >= 0.6 is 15.9 Å². The maximum atomic E-state index is 12.5. The lowest BCUT2D eigenvalue weighted by Gasteiger charge is -2.29. The van der Waals surface area contributed by atoms with Crippen molar-refractivity contribution in [2.75, 3.05) is 13.1 Å². The van der Waals surface area contributed by atoms with E-state index in [-0.39, 0.29) is 11.9 Å². The van der Waals surface area contributed by atoms with Crippen LogP contribution in [0.5, 0.6) is 0 Å². The van der Waals surface area contributed by atoms with Gasteiger partial charge in [-0.2, -0.15) is 0 Å². The summed E-state index contributed by atoms with van der Waals surface area (Å²) in [6.07, 6.45) is 3.87. The number of halogens is 1. The molecule has 1 N–H and O–H groups in total. The number of rotatable bonds is 4. The molecule has 1 aliphatic heterocycles. The Morgan fingerprint density at radius 3 is 2.94 bits per heavy atom. The number of nitrogens with one attached hydrogen (secondary N) is 1. The molecule has 0 radical (unpaired) electrons. The zero-order valence-electron chi connectivity index (χ0n) is 10.8. The fourth-order valence-corrected chi connectivity index (χ4v) is 2.69. The van der Waals surface area contributed by atoms with Gasteiger partial charge in [0.15, 0.2) is 4.67 Å². The fourth-order valence-electron chi connectivity index (χ4n) is 2.28. The Morgan fingerprint density at radius 2 is 2.44 bits per heavy atom. The fraction of sp³-hybridized carbons (Fsp3) is 0.615. The van der Waals surface area contributed by atoms with Crippen molar-refractivity contribution >= 4 is 21.8 Å². The zero-order chi connectivity index (χ0) is 13.1. The van der Waals surface area contributed by atoms with Crippen LogP contribution < -0.4 is 5.32 Å². The maximum Gasteiger partial charge on any atom is 0.258 e. The molecule has 100 valence electrons. The summed E-state index contributed by atoms with van der Waals surface area (Å²) in [5.74, 6) is 0.0272. The van der Waals surface area contributed by atoms with Crippen LogP contribution in [-0.4, -0.2) is 36.0 Å². The summed E-state index contributed by atoms with van der Waals surface area (Å²) in [6.45, 7) is 5.90. The van der Waals surface area contributed by atoms with Gasteiger partial charge >= 0.3 is 0 Å². The quantitative estimate of drug-likeness (QED) is 0.929. The van der Waals surface area contributed by atoms with E-state index >= 15 is 0 Å². The third-order valence-electron chi connectivity index (χ3n) is 3.31. The molecule has 0 aliphatic carbocycles. The number of carbonyl (C=O) groups is 1. The van der Waals surface area contributed by atoms with Crippen LogP contribution in [0, 0.1) is 0 Å². The molecule has 1 fully saturated rings. The second kappa shape index (κ2) is 5.89. The second-order valence-electron chi connectivity index (χ2n) is 4.95. The van der Waals surface area contributed by atoms with E-state index in [4.69, 9.17) is 4.42 Å². The number of furan rings is 1. The van der Waals surface area contributed by atoms with Crippen molar-refractivity contribution in [3.8, 4) is 0 Å². The molecule has 0 aromatic carbocycles. The van der Waals surface area contributed by atoms with E-state index in [9.17, 15) is 4.79 Å². The molecular weight excluding hydrogens is 296 g/mol. The van der Waals surface area contributed by atoms with Crippen molar-refractivity contribution in [3.63, 3.8) is 0 Å². The number of amides is 1. The maximum absolute atomic E-state index is 12.5. The third kappa shape index (κ3) is 2.95. The van der Waals surface area contributed by atoms with Gasteiger partial charge in [0, 0.05) is 18.6 Å². The highest BCUT2D eigenvalue weighted by Gasteiger charge is 2.26. The highest BCUT2D eigenvalue weighted by molar-refractivity contribution is 9.10. The lowest BCUT2D eigenvalue weighted by molar-refractivity contribution is 0.0687. The van der Waals surface area contributed by atoms with Crippen LogP contribution in [0.15, 0.2) is 21.4 Å². The summed E-state index contributed by atoms with van der Waals surface area (Å²) in [5.41, 5.74) is 0.599. The van der Waals surface area contributed by atoms with Crippen LogP contribution in [0.2, 0.25) is 0 Å². The van der Waals surface area contributed by atoms with Gasteiger partial charge in [0.2, 0.25) is 0 Å². The minimum absolute atomic E-state index is 0.0272. The van der Waals surface area contributed by atoms with Gasteiger partial charge in [0.05, 0.1) is 11.8 Å². The molecule has 1 atom stereocenters. The molecule has 1 aromatic heterocycles. The monoisotopic (exact) mass is 314 g/mol. The molecule has 2 rings (SSSR count). The van der Waals surface area contributed by atoms with E-state index in [0.29, 0.717) is 16.3 Å². The first-order valence-corrected chi connectivity index (χ1v) is 7.16. The van der Waals surface area contributed by atoms with Crippen molar-refractivity contribution in [2.24, 2.45) is 0 Å². The summed E-state index contributed by atoms with van der Waals surface area (Å²) in [4.78, 5) is 14.4. The van der Waals surface area contributed by atoms with Gasteiger partial charge in [-0.25, -0.2) is 0 Å². The van der Waals surface area contributed by atoms with E-state index in [1.165, 1.54) is 12.7 Å². The minimum Gasteiger partial charge on any atom is -0.457 e. The Hall–Kier alpha value is -0.810. The predicted molar refractivity (Wildman–Crippen MR) is 73.6 cm³/mol. The van der Waals surface area contributed by atoms with Crippen LogP contribution in [0.25, 0.3) is 0 Å². The molecule has 1 aliphatic rings. The molecule has 1 saturated heterocycles. The standard InChI is InChI=1S/C13H19BrN2O2/c1-9(2)16(8-10-4-3-6-15-10)13(17)11-5-7-18-12(11)14/h5,7,9-10,15H,3-4,6,8H2,1-2H3. The van der Waals surface area contributed by atoms with Gasteiger partial charge in [-0.05, 0) is 55.2 Å². The van der Waals surface area contributed by atoms with Crippen molar-refractivity contribution in [1.29, 1.82) is 0 Å². The summed E-state index contributed by atoms with van der Waals surface area (Å²) >= 11 is 3.27. The Balaban J connectivity index is 2.09. The summed E-state index contributed by atoms with van der Waals surface area (Å²) in [6, 6.07) is 2.31. The first kappa shape index (κ1) is 13.6. The molecule has 1 amide bonds. The van der Waals surface area contributed by atoms with Gasteiger partial charge in [-0.15, -0.1) is 0 Å². The van der Waals surface area contributed by atoms with Crippen LogP contribution in [0.4, 0.5) is 0 Å². The van der Waals surface area contributed by atoms with Crippen molar-refractivity contribution < 1.29 is 9.21 Å². The van der Waals surface area contributed by atoms with E-state index in [1.807, 2.05) is 18.7 Å². The van der Waals surface area contributed by atoms with Gasteiger partial charge in [-0.3, -0.25) is 4.79 Å². The van der Waals surface area contributed by atoms with Gasteiger partial charge < -0.3 is 14.6 Å². The average Bonchev–Trinajstić information content (AvgIpc) is 2.95. The highest BCUT2D eigenvalue weighted by atomic mass is 79.9. The van der Waals surface area contributed by atoms with Crippen LogP contribution in [0.3, 0.4) is 0 Å². The van der Waals surface area contributed by atoms with Crippen molar-refractivity contribution in [1.82, 2.24) is 10.2 Å². The summed E-state index contributed by atoms with van der Waals surface area (Å²) in [7, 11) is 0. The molecule has 0 saturated carbocycles. The molecule has 2 heterocycles. The molecule has 0 bridgehead atoms. The summed E-state index contributed by atoms with van der Waals surface area (Å²) in [5, 5.41) is 3.43. The Labute approximate surface area is 116 Å². The zero-order valence-corrected chi connectivity index (χ0v) is 12.4. The number of hydrogen-bond donors (Lipinski definition) is 1. The third-order valence-corrected chi connectivity index (χ3v) is 3.93. The molecule has 4 nitrogen and oxygen atoms in total. The largest absolute Gasteiger partial charge is 0.457 e. The van der Waals surface area contributed by atoms with Gasteiger partial charge in [0.25, 0.3) is 5.91 Å². The lowest BCUT2D eigenvalue weighted by atomic mass is 10.1. The van der Waals surface area contributed by atoms with Crippen LogP contribution in [-0.2, 0) is 0 Å². The second-order valence-corrected chi connectivity index (χ2v) is 5.67.